The molecule has 0 aromatic carbocycles. The average Bonchev–Trinajstić information content (AvgIpc) is 0.761. The number of rotatable bonds is 43. The Hall–Kier alpha value is -4.45. The average molecular weight is 1750 g/mol. The van der Waals surface area contributed by atoms with Crippen molar-refractivity contribution >= 4 is 35.7 Å². The van der Waals surface area contributed by atoms with E-state index in [2.05, 4.69) is 309 Å². The Bertz CT molecular complexity index is 3400. The Morgan fingerprint density at radius 3 is 0.548 bits per heavy atom. The molecule has 22 heteroatoms. The van der Waals surface area contributed by atoms with Crippen molar-refractivity contribution in [3.63, 3.8) is 0 Å². The lowest BCUT2D eigenvalue weighted by Crippen LogP contribution is -2.63. The molecule has 1 unspecified atom stereocenters. The fourth-order valence-electron chi connectivity index (χ4n) is 24.3. The zero-order chi connectivity index (χ0) is 93.7. The summed E-state index contributed by atoms with van der Waals surface area (Å²) in [6, 6.07) is 1.03. The highest BCUT2D eigenvalue weighted by Crippen LogP contribution is 2.49. The number of likely N-dealkylation sites (tertiary alicyclic amines) is 6. The molecular formula is C104H196N22. The van der Waals surface area contributed by atoms with Crippen molar-refractivity contribution in [3.8, 4) is 0 Å². The minimum Gasteiger partial charge on any atom is -0.338 e. The smallest absolute Gasteiger partial charge is 0.230 e. The fraction of sp³-hybridized carbons (Fsp3) is 0.913. The van der Waals surface area contributed by atoms with Gasteiger partial charge in [0.2, 0.25) is 35.7 Å². The number of unbranched alkanes of at least 4 members (excludes halogenated alkanes) is 12. The minimum absolute atomic E-state index is 0.00463. The van der Waals surface area contributed by atoms with E-state index in [0.29, 0.717) is 0 Å². The molecule has 3 aromatic heterocycles. The first-order chi connectivity index (χ1) is 58.5. The van der Waals surface area contributed by atoms with E-state index in [1.807, 2.05) is 0 Å². The van der Waals surface area contributed by atoms with Gasteiger partial charge in [0.05, 0.1) is 12.0 Å². The number of piperidine rings is 6. The van der Waals surface area contributed by atoms with Crippen molar-refractivity contribution < 1.29 is 0 Å². The molecule has 0 radical (unpaired) electrons. The van der Waals surface area contributed by atoms with E-state index in [1.165, 1.54) is 0 Å². The summed E-state index contributed by atoms with van der Waals surface area (Å²) in [6.45, 7) is 78.0. The fourth-order valence-corrected chi connectivity index (χ4v) is 24.3. The van der Waals surface area contributed by atoms with E-state index >= 15 is 0 Å². The summed E-state index contributed by atoms with van der Waals surface area (Å²) in [6.07, 6.45) is 34.1. The van der Waals surface area contributed by atoms with E-state index in [-0.39, 0.29) is 115 Å². The molecule has 0 aliphatic carbocycles. The van der Waals surface area contributed by atoms with Crippen LogP contribution in [0.3, 0.4) is 0 Å². The van der Waals surface area contributed by atoms with Crippen LogP contribution >= 0.6 is 0 Å². The summed E-state index contributed by atoms with van der Waals surface area (Å²) in [5.74, 6) is 6.91. The molecule has 6 fully saturated rings. The van der Waals surface area contributed by atoms with Crippen LogP contribution in [-0.4, -0.2) is 259 Å². The summed E-state index contributed by atoms with van der Waals surface area (Å²) in [4.78, 5) is 85.1. The molecule has 6 aliphatic rings. The Labute approximate surface area is 774 Å². The Morgan fingerprint density at radius 2 is 0.381 bits per heavy atom. The molecule has 6 saturated heterocycles. The molecule has 0 bridgehead atoms. The summed E-state index contributed by atoms with van der Waals surface area (Å²) >= 11 is 0. The molecule has 126 heavy (non-hydrogen) atoms. The molecule has 3 aromatic rings. The molecule has 6 aliphatic heterocycles. The van der Waals surface area contributed by atoms with Crippen molar-refractivity contribution in [3.05, 3.63) is 17.5 Å². The Balaban J connectivity index is 1.15. The molecule has 0 amide bonds. The maximum Gasteiger partial charge on any atom is 0.230 e. The van der Waals surface area contributed by atoms with Gasteiger partial charge in [-0.15, -0.1) is 0 Å². The number of hydrogen-bond donors (Lipinski definition) is 1. The third kappa shape index (κ3) is 24.9. The van der Waals surface area contributed by atoms with Crippen LogP contribution < -0.4 is 35.1 Å². The highest BCUT2D eigenvalue weighted by Gasteiger charge is 2.53. The third-order valence-corrected chi connectivity index (χ3v) is 33.8. The van der Waals surface area contributed by atoms with Gasteiger partial charge >= 0.3 is 0 Å². The first-order valence-corrected chi connectivity index (χ1v) is 51.6. The Morgan fingerprint density at radius 1 is 0.230 bits per heavy atom. The number of nitrogens with zero attached hydrogens (tertiary/aromatic N) is 21. The SMILES string of the molecule is CCCCN(c1nc(C(N)CCCCCCCCCC(c2nc(N(CCCC)C3CC(C)(C)N(C)C(C)(C)C3)nc(N(CCCC)C3CC(C)(C)N(C)C(C)(C)C3)n2)c2nc(N(CCCC)C3CC(C)(C)N(C)C(C)(C)C3)nc(N(CCCC)C3CC(C)(C)N(C)C(C)(C)C3)n2)nc(N(CCCC)C2CC(C)(C)N(C)C(C)(C)C2)n1)C1CC(C)(C)N(C)C(C)(C)C1. The standard InChI is InChI=1S/C104H196N22/c1-37-43-58-121(76-64-93(7,8)115(31)94(9,10)65-76)87-106-84(107-88(112-87)122(59-44-38-2)77-66-95(11,12)116(32)96(13,14)67-77)82(85-108-89(123(60-45-39-3)78-68-97(15,16)117(33)98(17,18)69-78)113-90(109-85)124(61-46-40-4)79-70-99(19,20)118(34)100(21,22)71-79)56-54-52-50-49-51-53-55-57-83(105)86-110-91(125(62-47-41-5)80-72-101(23,24)119(35)102(25,26)73-80)114-92(111-86)126(63-48-42-6)81-74-103(27,28)120(36)104(29,30)75-81/h76-83H,37-75,105H2,1-36H3. The van der Waals surface area contributed by atoms with Gasteiger partial charge in [-0.05, 0) is 337 Å². The topological polar surface area (TPSA) is 181 Å². The lowest BCUT2D eigenvalue weighted by atomic mass is 9.77. The molecule has 722 valence electrons. The van der Waals surface area contributed by atoms with Gasteiger partial charge in [0.25, 0.3) is 0 Å². The Kier molecular flexibility index (Phi) is 35.1. The number of hydrogen-bond acceptors (Lipinski definition) is 22. The highest BCUT2D eigenvalue weighted by atomic mass is 15.4. The lowest BCUT2D eigenvalue weighted by molar-refractivity contribution is -0.0136. The van der Waals surface area contributed by atoms with Crippen LogP contribution in [0.2, 0.25) is 0 Å². The normalized spacial score (nSPS) is 23.4. The summed E-state index contributed by atoms with van der Waals surface area (Å²) in [7, 11) is 14.0. The highest BCUT2D eigenvalue weighted by molar-refractivity contribution is 5.48. The van der Waals surface area contributed by atoms with Crippen molar-refractivity contribution in [2.75, 3.05) is 111 Å². The van der Waals surface area contributed by atoms with Crippen LogP contribution in [0.1, 0.15) is 449 Å². The van der Waals surface area contributed by atoms with Crippen LogP contribution in [0.25, 0.3) is 0 Å². The second-order valence-electron chi connectivity index (χ2n) is 48.8. The van der Waals surface area contributed by atoms with Crippen LogP contribution in [0.4, 0.5) is 35.7 Å². The second kappa shape index (κ2) is 42.0. The minimum atomic E-state index is -0.360. The van der Waals surface area contributed by atoms with Crippen molar-refractivity contribution in [1.29, 1.82) is 0 Å². The van der Waals surface area contributed by atoms with Gasteiger partial charge < -0.3 is 35.1 Å². The van der Waals surface area contributed by atoms with E-state index in [1.54, 1.807) is 0 Å². The predicted molar refractivity (Wildman–Crippen MR) is 537 cm³/mol. The third-order valence-electron chi connectivity index (χ3n) is 33.8. The summed E-state index contributed by atoms with van der Waals surface area (Å²) in [5, 5.41) is 0. The zero-order valence-corrected chi connectivity index (χ0v) is 88.7. The van der Waals surface area contributed by atoms with E-state index in [4.69, 9.17) is 50.6 Å². The zero-order valence-electron chi connectivity index (χ0n) is 88.7. The monoisotopic (exact) mass is 1750 g/mol. The van der Waals surface area contributed by atoms with Gasteiger partial charge in [0.15, 0.2) is 5.82 Å². The summed E-state index contributed by atoms with van der Waals surface area (Å²) < 4.78 is 0. The molecule has 9 heterocycles. The first-order valence-electron chi connectivity index (χ1n) is 51.6. The van der Waals surface area contributed by atoms with Crippen molar-refractivity contribution in [2.24, 2.45) is 5.73 Å². The van der Waals surface area contributed by atoms with Crippen LogP contribution in [-0.2, 0) is 0 Å². The second-order valence-corrected chi connectivity index (χ2v) is 48.8. The number of anilines is 6. The molecule has 0 spiro atoms. The largest absolute Gasteiger partial charge is 0.338 e. The van der Waals surface area contributed by atoms with Gasteiger partial charge in [-0.25, -0.2) is 0 Å². The van der Waals surface area contributed by atoms with E-state index in [0.717, 1.165) is 304 Å². The molecule has 9 rings (SSSR count). The molecule has 0 saturated carbocycles. The molecule has 1 atom stereocenters. The van der Waals surface area contributed by atoms with Gasteiger partial charge in [0.1, 0.15) is 11.6 Å². The maximum atomic E-state index is 7.60. The quantitative estimate of drug-likeness (QED) is 0.0528. The molecular weight excluding hydrogens is 1560 g/mol. The van der Waals surface area contributed by atoms with Gasteiger partial charge in [-0.2, -0.15) is 44.9 Å². The maximum absolute atomic E-state index is 7.60. The number of aromatic nitrogens is 9. The number of nitrogens with two attached hydrogens (primary N) is 1. The van der Waals surface area contributed by atoms with Gasteiger partial charge in [-0.1, -0.05) is 125 Å². The van der Waals surface area contributed by atoms with Crippen LogP contribution in [0.15, 0.2) is 0 Å². The van der Waals surface area contributed by atoms with Gasteiger partial charge in [-0.3, -0.25) is 29.4 Å². The van der Waals surface area contributed by atoms with Crippen molar-refractivity contribution in [2.45, 2.75) is 534 Å². The van der Waals surface area contributed by atoms with Crippen LogP contribution in [0, 0.1) is 0 Å². The van der Waals surface area contributed by atoms with Gasteiger partial charge in [0, 0.05) is 142 Å². The lowest BCUT2D eigenvalue weighted by Gasteiger charge is -2.56. The molecule has 2 N–H and O–H groups in total. The molecule has 22 nitrogen and oxygen atoms in total. The first kappa shape index (κ1) is 105. The van der Waals surface area contributed by atoms with E-state index in [9.17, 15) is 0 Å². The van der Waals surface area contributed by atoms with Crippen LogP contribution in [0.5, 0.6) is 0 Å². The van der Waals surface area contributed by atoms with E-state index < -0.39 is 0 Å². The summed E-state index contributed by atoms with van der Waals surface area (Å²) in [5.41, 5.74) is 7.07. The van der Waals surface area contributed by atoms with Crippen molar-refractivity contribution in [1.82, 2.24) is 74.3 Å². The predicted octanol–water partition coefficient (Wildman–Crippen LogP) is 22.1.